The summed E-state index contributed by atoms with van der Waals surface area (Å²) in [5.74, 6) is 0.501. The van der Waals surface area contributed by atoms with Crippen molar-refractivity contribution in [1.82, 2.24) is 9.97 Å². The molecular formula is C16H16N2. The van der Waals surface area contributed by atoms with Crippen LogP contribution >= 0.6 is 0 Å². The van der Waals surface area contributed by atoms with Crippen LogP contribution in [0.5, 0.6) is 0 Å². The first kappa shape index (κ1) is 11.1. The zero-order valence-electron chi connectivity index (χ0n) is 10.7. The van der Waals surface area contributed by atoms with Gasteiger partial charge in [-0.05, 0) is 36.6 Å². The van der Waals surface area contributed by atoms with Crippen molar-refractivity contribution in [1.29, 1.82) is 0 Å². The highest BCUT2D eigenvalue weighted by Crippen LogP contribution is 2.25. The largest absolute Gasteiger partial charge is 0.256 e. The molecule has 1 unspecified atom stereocenters. The number of fused-ring (bicyclic) bond motifs is 3. The van der Waals surface area contributed by atoms with Gasteiger partial charge in [-0.3, -0.25) is 9.97 Å². The van der Waals surface area contributed by atoms with Crippen LogP contribution in [0.15, 0.2) is 42.6 Å². The van der Waals surface area contributed by atoms with E-state index in [0.717, 1.165) is 22.8 Å². The van der Waals surface area contributed by atoms with E-state index in [9.17, 15) is 0 Å². The summed E-state index contributed by atoms with van der Waals surface area (Å²) in [6.45, 7) is 4.42. The van der Waals surface area contributed by atoms with Gasteiger partial charge in [-0.2, -0.15) is 0 Å². The molecular weight excluding hydrogens is 220 g/mol. The van der Waals surface area contributed by atoms with Crippen molar-refractivity contribution < 1.29 is 0 Å². The van der Waals surface area contributed by atoms with Crippen molar-refractivity contribution in [3.63, 3.8) is 0 Å². The summed E-state index contributed by atoms with van der Waals surface area (Å²) in [6.07, 6.45) is 2.94. The molecule has 2 heterocycles. The van der Waals surface area contributed by atoms with Crippen molar-refractivity contribution in [2.45, 2.75) is 26.2 Å². The highest BCUT2D eigenvalue weighted by Gasteiger charge is 2.07. The highest BCUT2D eigenvalue weighted by molar-refractivity contribution is 6.03. The maximum atomic E-state index is 4.83. The molecule has 2 aromatic heterocycles. The predicted octanol–water partition coefficient (Wildman–Crippen LogP) is 4.30. The van der Waals surface area contributed by atoms with E-state index in [4.69, 9.17) is 4.98 Å². The SMILES string of the molecule is CCC(C)c1ccc2ccc3ncccc3c2n1. The van der Waals surface area contributed by atoms with Crippen LogP contribution in [0.3, 0.4) is 0 Å². The van der Waals surface area contributed by atoms with Gasteiger partial charge in [0.2, 0.25) is 0 Å². The minimum atomic E-state index is 0.501. The van der Waals surface area contributed by atoms with E-state index in [1.54, 1.807) is 0 Å². The molecule has 0 amide bonds. The molecule has 3 aromatic rings. The Morgan fingerprint density at radius 2 is 1.94 bits per heavy atom. The number of hydrogen-bond donors (Lipinski definition) is 0. The molecule has 0 saturated heterocycles. The maximum absolute atomic E-state index is 4.83. The molecule has 18 heavy (non-hydrogen) atoms. The van der Waals surface area contributed by atoms with Gasteiger partial charge in [-0.1, -0.05) is 26.0 Å². The molecule has 90 valence electrons. The van der Waals surface area contributed by atoms with Crippen LogP contribution in [0.2, 0.25) is 0 Å². The first-order valence-corrected chi connectivity index (χ1v) is 6.44. The van der Waals surface area contributed by atoms with Crippen LogP contribution in [-0.2, 0) is 0 Å². The van der Waals surface area contributed by atoms with Crippen LogP contribution in [0.4, 0.5) is 0 Å². The minimum Gasteiger partial charge on any atom is -0.256 e. The number of nitrogens with zero attached hydrogens (tertiary/aromatic N) is 2. The third-order valence-corrected chi connectivity index (χ3v) is 3.58. The summed E-state index contributed by atoms with van der Waals surface area (Å²) in [4.78, 5) is 9.22. The van der Waals surface area contributed by atoms with Crippen LogP contribution in [0.25, 0.3) is 21.8 Å². The van der Waals surface area contributed by atoms with Gasteiger partial charge in [0, 0.05) is 22.7 Å². The normalized spacial score (nSPS) is 13.0. The molecule has 2 nitrogen and oxygen atoms in total. The van der Waals surface area contributed by atoms with Crippen LogP contribution in [0.1, 0.15) is 31.9 Å². The second-order valence-corrected chi connectivity index (χ2v) is 4.75. The zero-order chi connectivity index (χ0) is 12.5. The molecule has 0 spiro atoms. The number of rotatable bonds is 2. The fraction of sp³-hybridized carbons (Fsp3) is 0.250. The Bertz CT molecular complexity index is 704. The molecule has 0 bridgehead atoms. The molecule has 0 aliphatic heterocycles. The standard InChI is InChI=1S/C16H16N2/c1-3-11(2)14-8-6-12-7-9-15-13(16(12)18-14)5-4-10-17-15/h4-11H,3H2,1-2H3. The summed E-state index contributed by atoms with van der Waals surface area (Å²) < 4.78 is 0. The Morgan fingerprint density at radius 1 is 1.11 bits per heavy atom. The third kappa shape index (κ3) is 1.74. The lowest BCUT2D eigenvalue weighted by atomic mass is 10.0. The summed E-state index contributed by atoms with van der Waals surface area (Å²) in [5.41, 5.74) is 3.25. The fourth-order valence-electron chi connectivity index (χ4n) is 2.24. The summed E-state index contributed by atoms with van der Waals surface area (Å²) in [5, 5.41) is 2.32. The molecule has 3 rings (SSSR count). The van der Waals surface area contributed by atoms with E-state index in [-0.39, 0.29) is 0 Å². The zero-order valence-corrected chi connectivity index (χ0v) is 10.7. The Labute approximate surface area is 107 Å². The van der Waals surface area contributed by atoms with E-state index >= 15 is 0 Å². The highest BCUT2D eigenvalue weighted by atomic mass is 14.7. The Kier molecular flexibility index (Phi) is 2.71. The van der Waals surface area contributed by atoms with Crippen molar-refractivity contribution in [3.05, 3.63) is 48.3 Å². The van der Waals surface area contributed by atoms with E-state index in [1.807, 2.05) is 12.3 Å². The molecule has 0 radical (unpaired) electrons. The maximum Gasteiger partial charge on any atom is 0.0799 e. The molecule has 0 saturated carbocycles. The smallest absolute Gasteiger partial charge is 0.0799 e. The van der Waals surface area contributed by atoms with Crippen molar-refractivity contribution >= 4 is 21.8 Å². The monoisotopic (exact) mass is 236 g/mol. The molecule has 0 aliphatic carbocycles. The number of hydrogen-bond acceptors (Lipinski definition) is 2. The van der Waals surface area contributed by atoms with Crippen molar-refractivity contribution in [2.75, 3.05) is 0 Å². The first-order valence-electron chi connectivity index (χ1n) is 6.44. The third-order valence-electron chi connectivity index (χ3n) is 3.58. The number of pyridine rings is 2. The second-order valence-electron chi connectivity index (χ2n) is 4.75. The molecule has 1 atom stereocenters. The van der Waals surface area contributed by atoms with Crippen LogP contribution in [0, 0.1) is 0 Å². The van der Waals surface area contributed by atoms with Gasteiger partial charge in [0.15, 0.2) is 0 Å². The van der Waals surface area contributed by atoms with E-state index in [1.165, 1.54) is 11.1 Å². The van der Waals surface area contributed by atoms with Gasteiger partial charge in [0.05, 0.1) is 11.0 Å². The topological polar surface area (TPSA) is 25.8 Å². The molecule has 2 heteroatoms. The molecule has 0 aliphatic rings. The number of aromatic nitrogens is 2. The lowest BCUT2D eigenvalue weighted by Crippen LogP contribution is -1.96. The molecule has 0 N–H and O–H groups in total. The predicted molar refractivity (Wildman–Crippen MR) is 75.8 cm³/mol. The Hall–Kier alpha value is -1.96. The van der Waals surface area contributed by atoms with Gasteiger partial charge in [-0.25, -0.2) is 0 Å². The van der Waals surface area contributed by atoms with E-state index in [2.05, 4.69) is 49.2 Å². The van der Waals surface area contributed by atoms with E-state index in [0.29, 0.717) is 5.92 Å². The molecule has 0 fully saturated rings. The van der Waals surface area contributed by atoms with Crippen molar-refractivity contribution in [3.8, 4) is 0 Å². The second kappa shape index (κ2) is 4.37. The van der Waals surface area contributed by atoms with Crippen LogP contribution < -0.4 is 0 Å². The fourth-order valence-corrected chi connectivity index (χ4v) is 2.24. The number of benzene rings is 1. The molecule has 1 aromatic carbocycles. The average molecular weight is 236 g/mol. The van der Waals surface area contributed by atoms with Crippen molar-refractivity contribution in [2.24, 2.45) is 0 Å². The minimum absolute atomic E-state index is 0.501. The average Bonchev–Trinajstić information content (AvgIpc) is 2.45. The Balaban J connectivity index is 2.33. The summed E-state index contributed by atoms with van der Waals surface area (Å²) in [7, 11) is 0. The quantitative estimate of drug-likeness (QED) is 0.620. The van der Waals surface area contributed by atoms with Gasteiger partial charge in [0.25, 0.3) is 0 Å². The first-order chi connectivity index (χ1) is 8.79. The summed E-state index contributed by atoms with van der Waals surface area (Å²) in [6, 6.07) is 12.5. The van der Waals surface area contributed by atoms with Gasteiger partial charge >= 0.3 is 0 Å². The van der Waals surface area contributed by atoms with Gasteiger partial charge < -0.3 is 0 Å². The summed E-state index contributed by atoms with van der Waals surface area (Å²) >= 11 is 0. The van der Waals surface area contributed by atoms with E-state index < -0.39 is 0 Å². The Morgan fingerprint density at radius 3 is 2.78 bits per heavy atom. The van der Waals surface area contributed by atoms with Gasteiger partial charge in [-0.15, -0.1) is 0 Å². The lowest BCUT2D eigenvalue weighted by Gasteiger charge is -2.10. The van der Waals surface area contributed by atoms with Crippen LogP contribution in [-0.4, -0.2) is 9.97 Å². The lowest BCUT2D eigenvalue weighted by molar-refractivity contribution is 0.712. The van der Waals surface area contributed by atoms with Gasteiger partial charge in [0.1, 0.15) is 0 Å².